The van der Waals surface area contributed by atoms with Gasteiger partial charge in [0.15, 0.2) is 5.71 Å². The van der Waals surface area contributed by atoms with Crippen molar-refractivity contribution in [2.75, 3.05) is 7.05 Å². The van der Waals surface area contributed by atoms with Gasteiger partial charge in [-0.1, -0.05) is 19.4 Å². The van der Waals surface area contributed by atoms with Crippen LogP contribution in [0.3, 0.4) is 0 Å². The SMILES string of the molecule is CCCCc1ccc2c(c1)C(C)(C)C(C)=[N+]2C. The summed E-state index contributed by atoms with van der Waals surface area (Å²) in [5.41, 5.74) is 5.99. The molecular formula is C16H24N+. The van der Waals surface area contributed by atoms with Gasteiger partial charge in [-0.25, -0.2) is 4.58 Å². The van der Waals surface area contributed by atoms with Crippen LogP contribution in [0.4, 0.5) is 5.69 Å². The number of hydrogen-bond acceptors (Lipinski definition) is 0. The average molecular weight is 230 g/mol. The highest BCUT2D eigenvalue weighted by atomic mass is 15.0. The number of unbranched alkanes of at least 4 members (excludes halogenated alkanes) is 1. The first-order valence-electron chi connectivity index (χ1n) is 6.69. The maximum atomic E-state index is 2.41. The second kappa shape index (κ2) is 4.29. The molecule has 0 saturated heterocycles. The molecule has 1 aliphatic rings. The summed E-state index contributed by atoms with van der Waals surface area (Å²) in [6.07, 6.45) is 3.77. The zero-order valence-electron chi connectivity index (χ0n) is 11.8. The third kappa shape index (κ3) is 1.92. The molecule has 0 spiro atoms. The highest BCUT2D eigenvalue weighted by Gasteiger charge is 2.41. The summed E-state index contributed by atoms with van der Waals surface area (Å²) in [5, 5.41) is 0. The maximum absolute atomic E-state index is 2.41. The summed E-state index contributed by atoms with van der Waals surface area (Å²) in [5.74, 6) is 0. The minimum absolute atomic E-state index is 0.187. The molecule has 1 aliphatic heterocycles. The first kappa shape index (κ1) is 12.3. The Labute approximate surface area is 105 Å². The van der Waals surface area contributed by atoms with Gasteiger partial charge in [0.2, 0.25) is 5.69 Å². The second-order valence-corrected chi connectivity index (χ2v) is 5.72. The molecule has 0 unspecified atom stereocenters. The standard InChI is InChI=1S/C16H24N/c1-6-7-8-13-9-10-15-14(11-13)16(3,4)12(2)17(15)5/h9-11H,6-8H2,1-5H3/q+1. The predicted octanol–water partition coefficient (Wildman–Crippen LogP) is 4.06. The van der Waals surface area contributed by atoms with Gasteiger partial charge in [-0.2, -0.15) is 0 Å². The lowest BCUT2D eigenvalue weighted by atomic mass is 9.81. The monoisotopic (exact) mass is 230 g/mol. The van der Waals surface area contributed by atoms with Crippen LogP contribution in [-0.4, -0.2) is 17.3 Å². The largest absolute Gasteiger partial charge is 0.209 e. The molecule has 1 heteroatoms. The van der Waals surface area contributed by atoms with Gasteiger partial charge < -0.3 is 0 Å². The smallest absolute Gasteiger partial charge is 0.202 e. The summed E-state index contributed by atoms with van der Waals surface area (Å²) < 4.78 is 2.33. The number of rotatable bonds is 3. The van der Waals surface area contributed by atoms with Gasteiger partial charge in [0.25, 0.3) is 0 Å². The molecule has 0 radical (unpaired) electrons. The fourth-order valence-electron chi connectivity index (χ4n) is 2.71. The van der Waals surface area contributed by atoms with Crippen LogP contribution < -0.4 is 0 Å². The molecule has 1 nitrogen and oxygen atoms in total. The Morgan fingerprint density at radius 1 is 1.24 bits per heavy atom. The summed E-state index contributed by atoms with van der Waals surface area (Å²) >= 11 is 0. The van der Waals surface area contributed by atoms with E-state index < -0.39 is 0 Å². The molecule has 1 aromatic carbocycles. The molecule has 0 aliphatic carbocycles. The fourth-order valence-corrected chi connectivity index (χ4v) is 2.71. The van der Waals surface area contributed by atoms with Crippen LogP contribution in [0.2, 0.25) is 0 Å². The maximum Gasteiger partial charge on any atom is 0.209 e. The number of aryl methyl sites for hydroxylation is 1. The van der Waals surface area contributed by atoms with E-state index in [4.69, 9.17) is 0 Å². The molecule has 0 amide bonds. The van der Waals surface area contributed by atoms with Crippen LogP contribution in [0.15, 0.2) is 18.2 Å². The molecule has 2 rings (SSSR count). The van der Waals surface area contributed by atoms with Gasteiger partial charge in [0.05, 0.1) is 5.41 Å². The van der Waals surface area contributed by atoms with Crippen LogP contribution in [0.25, 0.3) is 0 Å². The molecule has 0 atom stereocenters. The predicted molar refractivity (Wildman–Crippen MR) is 74.6 cm³/mol. The van der Waals surface area contributed by atoms with Crippen LogP contribution in [0.5, 0.6) is 0 Å². The van der Waals surface area contributed by atoms with Gasteiger partial charge in [0, 0.05) is 18.6 Å². The van der Waals surface area contributed by atoms with Gasteiger partial charge >= 0.3 is 0 Å². The highest BCUT2D eigenvalue weighted by Crippen LogP contribution is 2.39. The van der Waals surface area contributed by atoms with Crippen LogP contribution in [-0.2, 0) is 11.8 Å². The minimum atomic E-state index is 0.187. The molecule has 1 aromatic rings. The molecule has 17 heavy (non-hydrogen) atoms. The quantitative estimate of drug-likeness (QED) is 0.689. The minimum Gasteiger partial charge on any atom is -0.202 e. The third-order valence-corrected chi connectivity index (χ3v) is 4.32. The van der Waals surface area contributed by atoms with Crippen molar-refractivity contribution >= 4 is 11.4 Å². The van der Waals surface area contributed by atoms with Gasteiger partial charge in [-0.3, -0.25) is 0 Å². The highest BCUT2D eigenvalue weighted by molar-refractivity contribution is 5.93. The Kier molecular flexibility index (Phi) is 3.11. The summed E-state index contributed by atoms with van der Waals surface area (Å²) in [6, 6.07) is 7.00. The number of fused-ring (bicyclic) bond motifs is 1. The van der Waals surface area contributed by atoms with Crippen LogP contribution in [0.1, 0.15) is 51.7 Å². The lowest BCUT2D eigenvalue weighted by Crippen LogP contribution is -2.25. The van der Waals surface area contributed by atoms with Crippen molar-refractivity contribution < 1.29 is 4.58 Å². The molecule has 0 aromatic heterocycles. The Morgan fingerprint density at radius 2 is 1.94 bits per heavy atom. The molecule has 92 valence electrons. The Morgan fingerprint density at radius 3 is 2.59 bits per heavy atom. The Bertz CT molecular complexity index is 466. The lowest BCUT2D eigenvalue weighted by molar-refractivity contribution is -0.403. The van der Waals surface area contributed by atoms with E-state index in [1.54, 1.807) is 0 Å². The van der Waals surface area contributed by atoms with Gasteiger partial charge in [-0.15, -0.1) is 0 Å². The van der Waals surface area contributed by atoms with Crippen molar-refractivity contribution in [1.82, 2.24) is 0 Å². The van der Waals surface area contributed by atoms with Crippen molar-refractivity contribution in [1.29, 1.82) is 0 Å². The molecule has 0 bridgehead atoms. The van der Waals surface area contributed by atoms with Crippen molar-refractivity contribution in [3.05, 3.63) is 29.3 Å². The van der Waals surface area contributed by atoms with E-state index in [9.17, 15) is 0 Å². The van der Waals surface area contributed by atoms with Crippen molar-refractivity contribution in [2.45, 2.75) is 52.4 Å². The zero-order chi connectivity index (χ0) is 12.6. The number of nitrogens with zero attached hydrogens (tertiary/aromatic N) is 1. The van der Waals surface area contributed by atoms with E-state index in [1.807, 2.05) is 0 Å². The van der Waals surface area contributed by atoms with E-state index >= 15 is 0 Å². The number of benzene rings is 1. The molecular weight excluding hydrogens is 206 g/mol. The van der Waals surface area contributed by atoms with E-state index in [-0.39, 0.29) is 5.41 Å². The van der Waals surface area contributed by atoms with Crippen molar-refractivity contribution in [3.63, 3.8) is 0 Å². The molecule has 0 fully saturated rings. The Hall–Kier alpha value is -1.11. The first-order valence-corrected chi connectivity index (χ1v) is 6.69. The average Bonchev–Trinajstić information content (AvgIpc) is 2.49. The lowest BCUT2D eigenvalue weighted by Gasteiger charge is -2.15. The van der Waals surface area contributed by atoms with Crippen LogP contribution >= 0.6 is 0 Å². The summed E-state index contributed by atoms with van der Waals surface area (Å²) in [6.45, 7) is 9.15. The summed E-state index contributed by atoms with van der Waals surface area (Å²) in [4.78, 5) is 0. The molecule has 0 N–H and O–H groups in total. The molecule has 0 saturated carbocycles. The van der Waals surface area contributed by atoms with Gasteiger partial charge in [0.1, 0.15) is 7.05 Å². The summed E-state index contributed by atoms with van der Waals surface area (Å²) in [7, 11) is 2.18. The fraction of sp³-hybridized carbons (Fsp3) is 0.562. The number of hydrogen-bond donors (Lipinski definition) is 0. The van der Waals surface area contributed by atoms with E-state index in [0.717, 1.165) is 0 Å². The van der Waals surface area contributed by atoms with E-state index in [2.05, 4.69) is 57.5 Å². The normalized spacial score (nSPS) is 17.5. The van der Waals surface area contributed by atoms with Crippen LogP contribution in [0, 0.1) is 0 Å². The van der Waals surface area contributed by atoms with E-state index in [0.29, 0.717) is 0 Å². The second-order valence-electron chi connectivity index (χ2n) is 5.72. The third-order valence-electron chi connectivity index (χ3n) is 4.32. The first-order chi connectivity index (χ1) is 7.98. The van der Waals surface area contributed by atoms with Crippen molar-refractivity contribution in [2.24, 2.45) is 0 Å². The van der Waals surface area contributed by atoms with E-state index in [1.165, 1.54) is 41.8 Å². The molecule has 1 heterocycles. The topological polar surface area (TPSA) is 3.01 Å². The zero-order valence-corrected chi connectivity index (χ0v) is 11.8. The van der Waals surface area contributed by atoms with Gasteiger partial charge in [-0.05, 0) is 38.3 Å². The van der Waals surface area contributed by atoms with Crippen molar-refractivity contribution in [3.8, 4) is 0 Å². The Balaban J connectivity index is 2.41.